The summed E-state index contributed by atoms with van der Waals surface area (Å²) < 4.78 is 5.51. The van der Waals surface area contributed by atoms with Crippen LogP contribution in [0.1, 0.15) is 18.9 Å². The molecule has 0 amide bonds. The fourth-order valence-electron chi connectivity index (χ4n) is 1.89. The predicted octanol–water partition coefficient (Wildman–Crippen LogP) is 1.54. The lowest BCUT2D eigenvalue weighted by Crippen LogP contribution is -2.30. The van der Waals surface area contributed by atoms with E-state index in [4.69, 9.17) is 10.5 Å². The van der Waals surface area contributed by atoms with E-state index >= 15 is 0 Å². The number of aryl methyl sites for hydroxylation is 1. The number of hydrogen-bond acceptors (Lipinski definition) is 4. The van der Waals surface area contributed by atoms with Crippen LogP contribution in [0.2, 0.25) is 0 Å². The highest BCUT2D eigenvalue weighted by Gasteiger charge is 2.09. The van der Waals surface area contributed by atoms with Crippen LogP contribution < -0.4 is 15.4 Å². The number of aliphatic hydroxyl groups is 1. The van der Waals surface area contributed by atoms with E-state index in [9.17, 15) is 5.11 Å². The molecule has 0 aliphatic carbocycles. The van der Waals surface area contributed by atoms with Crippen LogP contribution in [0.4, 0.5) is 5.69 Å². The molecule has 0 spiro atoms. The fourth-order valence-corrected chi connectivity index (χ4v) is 1.89. The van der Waals surface area contributed by atoms with Crippen molar-refractivity contribution < 1.29 is 9.84 Å². The van der Waals surface area contributed by atoms with E-state index < -0.39 is 0 Å². The van der Waals surface area contributed by atoms with Gasteiger partial charge >= 0.3 is 0 Å². The second-order valence-corrected chi connectivity index (χ2v) is 4.49. The zero-order chi connectivity index (χ0) is 13.5. The molecule has 4 nitrogen and oxygen atoms in total. The van der Waals surface area contributed by atoms with Crippen molar-refractivity contribution in [2.75, 3.05) is 31.6 Å². The minimum absolute atomic E-state index is 0.383. The minimum atomic E-state index is -0.383. The van der Waals surface area contributed by atoms with Crippen LogP contribution in [0.3, 0.4) is 0 Å². The van der Waals surface area contributed by atoms with Crippen molar-refractivity contribution >= 4 is 5.69 Å². The smallest absolute Gasteiger partial charge is 0.122 e. The number of benzene rings is 1. The molecule has 1 rings (SSSR count). The molecular formula is C14H24N2O2. The Morgan fingerprint density at radius 1 is 1.44 bits per heavy atom. The van der Waals surface area contributed by atoms with E-state index in [1.807, 2.05) is 37.9 Å². The first-order chi connectivity index (χ1) is 8.58. The second kappa shape index (κ2) is 7.24. The fraction of sp³-hybridized carbons (Fsp3) is 0.571. The normalized spacial score (nSPS) is 12.3. The Bertz CT molecular complexity index is 369. The Hall–Kier alpha value is -1.26. The molecule has 0 aliphatic rings. The van der Waals surface area contributed by atoms with Gasteiger partial charge in [-0.2, -0.15) is 0 Å². The number of ether oxygens (including phenoxy) is 1. The molecule has 0 fully saturated rings. The van der Waals surface area contributed by atoms with Crippen molar-refractivity contribution in [1.82, 2.24) is 0 Å². The Morgan fingerprint density at radius 3 is 2.72 bits per heavy atom. The van der Waals surface area contributed by atoms with Crippen molar-refractivity contribution in [3.05, 3.63) is 23.8 Å². The molecule has 4 heteroatoms. The van der Waals surface area contributed by atoms with Crippen molar-refractivity contribution in [3.8, 4) is 5.75 Å². The van der Waals surface area contributed by atoms with E-state index in [0.717, 1.165) is 17.0 Å². The van der Waals surface area contributed by atoms with Gasteiger partial charge in [0.25, 0.3) is 0 Å². The van der Waals surface area contributed by atoms with Crippen LogP contribution in [-0.4, -0.2) is 38.0 Å². The van der Waals surface area contributed by atoms with E-state index in [2.05, 4.69) is 6.07 Å². The zero-order valence-electron chi connectivity index (χ0n) is 11.5. The maximum Gasteiger partial charge on any atom is 0.122 e. The number of rotatable bonds is 7. The van der Waals surface area contributed by atoms with Crippen LogP contribution >= 0.6 is 0 Å². The summed E-state index contributed by atoms with van der Waals surface area (Å²) in [6, 6.07) is 6.05. The molecule has 102 valence electrons. The third-order valence-corrected chi connectivity index (χ3v) is 2.88. The third-order valence-electron chi connectivity index (χ3n) is 2.88. The van der Waals surface area contributed by atoms with E-state index in [1.54, 1.807) is 0 Å². The van der Waals surface area contributed by atoms with Gasteiger partial charge in [-0.1, -0.05) is 0 Å². The van der Waals surface area contributed by atoms with Crippen LogP contribution in [0, 0.1) is 6.92 Å². The van der Waals surface area contributed by atoms with Crippen LogP contribution in [0.25, 0.3) is 0 Å². The van der Waals surface area contributed by atoms with Gasteiger partial charge in [0, 0.05) is 19.3 Å². The maximum absolute atomic E-state index is 9.74. The summed E-state index contributed by atoms with van der Waals surface area (Å²) in [6.07, 6.45) is 0.243. The van der Waals surface area contributed by atoms with Crippen LogP contribution in [0.5, 0.6) is 5.75 Å². The molecule has 1 aromatic carbocycles. The maximum atomic E-state index is 9.74. The number of nitrogens with two attached hydrogens (primary N) is 1. The Labute approximate surface area is 109 Å². The molecule has 0 bridgehead atoms. The Kier molecular flexibility index (Phi) is 5.95. The Morgan fingerprint density at radius 2 is 2.17 bits per heavy atom. The van der Waals surface area contributed by atoms with Crippen molar-refractivity contribution in [2.24, 2.45) is 5.73 Å². The number of aliphatic hydroxyl groups excluding tert-OH is 1. The molecule has 0 saturated carbocycles. The summed E-state index contributed by atoms with van der Waals surface area (Å²) in [4.78, 5) is 2.03. The van der Waals surface area contributed by atoms with E-state index in [1.165, 1.54) is 0 Å². The predicted molar refractivity (Wildman–Crippen MR) is 75.3 cm³/mol. The monoisotopic (exact) mass is 252 g/mol. The largest absolute Gasteiger partial charge is 0.494 e. The third kappa shape index (κ3) is 4.20. The molecule has 1 unspecified atom stereocenters. The molecule has 3 N–H and O–H groups in total. The molecule has 0 aliphatic heterocycles. The van der Waals surface area contributed by atoms with E-state index in [-0.39, 0.29) is 6.10 Å². The molecule has 0 aromatic heterocycles. The summed E-state index contributed by atoms with van der Waals surface area (Å²) in [5, 5.41) is 9.74. The van der Waals surface area contributed by atoms with Crippen LogP contribution in [0.15, 0.2) is 18.2 Å². The Balaban J connectivity index is 2.68. The summed E-state index contributed by atoms with van der Waals surface area (Å²) in [5.41, 5.74) is 7.61. The molecule has 1 aromatic rings. The van der Waals surface area contributed by atoms with Gasteiger partial charge in [0.2, 0.25) is 0 Å². The second-order valence-electron chi connectivity index (χ2n) is 4.49. The lowest BCUT2D eigenvalue weighted by Gasteiger charge is -2.23. The topological polar surface area (TPSA) is 58.7 Å². The summed E-state index contributed by atoms with van der Waals surface area (Å²) >= 11 is 0. The van der Waals surface area contributed by atoms with Gasteiger partial charge in [0.05, 0.1) is 12.7 Å². The van der Waals surface area contributed by atoms with Gasteiger partial charge in [0.15, 0.2) is 0 Å². The number of nitrogens with zero attached hydrogens (tertiary/aromatic N) is 1. The first-order valence-electron chi connectivity index (χ1n) is 6.41. The quantitative estimate of drug-likeness (QED) is 0.773. The highest BCUT2D eigenvalue weighted by Crippen LogP contribution is 2.24. The average molecular weight is 252 g/mol. The summed E-state index contributed by atoms with van der Waals surface area (Å²) in [6.45, 7) is 5.77. The van der Waals surface area contributed by atoms with Gasteiger partial charge < -0.3 is 20.5 Å². The molecule has 1 atom stereocenters. The summed E-state index contributed by atoms with van der Waals surface area (Å²) in [5.74, 6) is 0.914. The standard InChI is InChI=1S/C14H24N2O2/c1-4-18-14-6-5-12(9-11(14)2)16(3)10-13(17)7-8-15/h5-6,9,13,17H,4,7-8,10,15H2,1-3H3. The molecule has 0 saturated heterocycles. The van der Waals surface area contributed by atoms with Gasteiger partial charge in [-0.25, -0.2) is 0 Å². The first-order valence-corrected chi connectivity index (χ1v) is 6.41. The number of anilines is 1. The molecule has 0 radical (unpaired) electrons. The molecule has 0 heterocycles. The number of likely N-dealkylation sites (N-methyl/N-ethyl adjacent to an activating group) is 1. The van der Waals surface area contributed by atoms with Gasteiger partial charge in [-0.05, 0) is 50.6 Å². The highest BCUT2D eigenvalue weighted by molar-refractivity contribution is 5.52. The van der Waals surface area contributed by atoms with Crippen molar-refractivity contribution in [3.63, 3.8) is 0 Å². The summed E-state index contributed by atoms with van der Waals surface area (Å²) in [7, 11) is 1.97. The van der Waals surface area contributed by atoms with Crippen molar-refractivity contribution in [1.29, 1.82) is 0 Å². The molecular weight excluding hydrogens is 228 g/mol. The average Bonchev–Trinajstić information content (AvgIpc) is 2.32. The van der Waals surface area contributed by atoms with Gasteiger partial charge in [-0.3, -0.25) is 0 Å². The SMILES string of the molecule is CCOc1ccc(N(C)CC(O)CCN)cc1C. The van der Waals surface area contributed by atoms with Crippen molar-refractivity contribution in [2.45, 2.75) is 26.4 Å². The van der Waals surface area contributed by atoms with Gasteiger partial charge in [0.1, 0.15) is 5.75 Å². The lowest BCUT2D eigenvalue weighted by molar-refractivity contribution is 0.174. The zero-order valence-corrected chi connectivity index (χ0v) is 11.5. The first kappa shape index (κ1) is 14.8. The lowest BCUT2D eigenvalue weighted by atomic mass is 10.1. The van der Waals surface area contributed by atoms with Gasteiger partial charge in [-0.15, -0.1) is 0 Å². The molecule has 18 heavy (non-hydrogen) atoms. The van der Waals surface area contributed by atoms with E-state index in [0.29, 0.717) is 26.1 Å². The highest BCUT2D eigenvalue weighted by atomic mass is 16.5. The number of hydrogen-bond donors (Lipinski definition) is 2. The minimum Gasteiger partial charge on any atom is -0.494 e. The van der Waals surface area contributed by atoms with Crippen LogP contribution in [-0.2, 0) is 0 Å².